The molecule has 0 radical (unpaired) electrons. The molecule has 0 aromatic carbocycles. The minimum Gasteiger partial charge on any atom is -0.350 e. The Kier molecular flexibility index (Phi) is 3.26. The van der Waals surface area contributed by atoms with Gasteiger partial charge in [0.05, 0.1) is 0 Å². The second kappa shape index (κ2) is 4.69. The number of nitrogens with one attached hydrogen (secondary N) is 1. The van der Waals surface area contributed by atoms with Crippen molar-refractivity contribution in [2.45, 2.75) is 32.7 Å². The summed E-state index contributed by atoms with van der Waals surface area (Å²) in [7, 11) is 1.83. The van der Waals surface area contributed by atoms with E-state index in [4.69, 9.17) is 0 Å². The first-order valence-electron chi connectivity index (χ1n) is 5.87. The molecular weight excluding hydrogens is 216 g/mol. The van der Waals surface area contributed by atoms with Gasteiger partial charge >= 0.3 is 0 Å². The second-order valence-corrected chi connectivity index (χ2v) is 4.63. The third kappa shape index (κ3) is 2.93. The highest BCUT2D eigenvalue weighted by Gasteiger charge is 2.23. The number of nitrogens with zero attached hydrogens (tertiary/aromatic N) is 3. The van der Waals surface area contributed by atoms with Gasteiger partial charge in [0.1, 0.15) is 0 Å². The maximum atomic E-state index is 11.4. The van der Waals surface area contributed by atoms with Crippen molar-refractivity contribution in [2.24, 2.45) is 0 Å². The monoisotopic (exact) mass is 234 g/mol. The highest BCUT2D eigenvalue weighted by molar-refractivity contribution is 5.76. The molecule has 1 saturated heterocycles. The summed E-state index contributed by atoms with van der Waals surface area (Å²) < 4.78 is 0. The van der Waals surface area contributed by atoms with Gasteiger partial charge in [-0.3, -0.25) is 4.79 Å². The molecule has 0 spiro atoms. The maximum Gasteiger partial charge on any atom is 0.223 e. The van der Waals surface area contributed by atoms with Crippen LogP contribution in [0.3, 0.4) is 0 Å². The predicted molar refractivity (Wildman–Crippen MR) is 65.8 cm³/mol. The molecule has 0 bridgehead atoms. The Morgan fingerprint density at radius 1 is 1.35 bits per heavy atom. The van der Waals surface area contributed by atoms with Gasteiger partial charge in [-0.2, -0.15) is 0 Å². The molecule has 17 heavy (non-hydrogen) atoms. The average molecular weight is 234 g/mol. The van der Waals surface area contributed by atoms with Crippen molar-refractivity contribution in [3.8, 4) is 0 Å². The van der Waals surface area contributed by atoms with E-state index >= 15 is 0 Å². The van der Waals surface area contributed by atoms with Crippen molar-refractivity contribution >= 4 is 11.9 Å². The second-order valence-electron chi connectivity index (χ2n) is 4.63. The first kappa shape index (κ1) is 11.8. The number of anilines is 1. The van der Waals surface area contributed by atoms with E-state index in [2.05, 4.69) is 15.3 Å². The van der Waals surface area contributed by atoms with E-state index in [0.717, 1.165) is 24.4 Å². The Labute approximate surface area is 101 Å². The first-order chi connectivity index (χ1) is 8.04. The molecule has 1 fully saturated rings. The third-order valence-corrected chi connectivity index (χ3v) is 2.94. The van der Waals surface area contributed by atoms with Gasteiger partial charge in [-0.1, -0.05) is 0 Å². The van der Waals surface area contributed by atoms with Gasteiger partial charge in [-0.05, 0) is 26.3 Å². The standard InChI is InChI=1S/C12H18N4O/c1-8-6-9(2)14-12(13-8)15-10-4-5-11(17)16(3)7-10/h6,10H,4-5,7H2,1-3H3,(H,13,14,15)/t10-/m0/s1. The summed E-state index contributed by atoms with van der Waals surface area (Å²) in [5.74, 6) is 0.875. The molecule has 1 N–H and O–H groups in total. The van der Waals surface area contributed by atoms with Gasteiger partial charge < -0.3 is 10.2 Å². The van der Waals surface area contributed by atoms with Crippen molar-refractivity contribution in [2.75, 3.05) is 18.9 Å². The van der Waals surface area contributed by atoms with Crippen LogP contribution in [-0.2, 0) is 4.79 Å². The van der Waals surface area contributed by atoms with Crippen LogP contribution in [-0.4, -0.2) is 40.4 Å². The van der Waals surface area contributed by atoms with Gasteiger partial charge in [0.25, 0.3) is 0 Å². The van der Waals surface area contributed by atoms with Crippen molar-refractivity contribution < 1.29 is 4.79 Å². The number of aryl methyl sites for hydroxylation is 2. The molecule has 1 aromatic rings. The van der Waals surface area contributed by atoms with Crippen molar-refractivity contribution in [3.63, 3.8) is 0 Å². The lowest BCUT2D eigenvalue weighted by atomic mass is 10.1. The molecule has 92 valence electrons. The molecule has 1 aliphatic heterocycles. The zero-order valence-corrected chi connectivity index (χ0v) is 10.5. The zero-order valence-electron chi connectivity index (χ0n) is 10.5. The molecular formula is C12H18N4O. The van der Waals surface area contributed by atoms with Crippen LogP contribution in [0.4, 0.5) is 5.95 Å². The normalized spacial score (nSPS) is 20.5. The van der Waals surface area contributed by atoms with Crippen LogP contribution < -0.4 is 5.32 Å². The van der Waals surface area contributed by atoms with E-state index in [1.807, 2.05) is 27.0 Å². The highest BCUT2D eigenvalue weighted by Crippen LogP contribution is 2.14. The van der Waals surface area contributed by atoms with Crippen LogP contribution in [0.2, 0.25) is 0 Å². The van der Waals surface area contributed by atoms with Crippen LogP contribution in [0.25, 0.3) is 0 Å². The molecule has 1 aromatic heterocycles. The summed E-state index contributed by atoms with van der Waals surface area (Å²) in [5.41, 5.74) is 1.92. The molecule has 1 aliphatic rings. The smallest absolute Gasteiger partial charge is 0.223 e. The number of likely N-dealkylation sites (tertiary alicyclic amines) is 1. The number of hydrogen-bond donors (Lipinski definition) is 1. The van der Waals surface area contributed by atoms with E-state index in [1.165, 1.54) is 0 Å². The summed E-state index contributed by atoms with van der Waals surface area (Å²) in [6.45, 7) is 4.63. The summed E-state index contributed by atoms with van der Waals surface area (Å²) in [6, 6.07) is 2.20. The maximum absolute atomic E-state index is 11.4. The molecule has 2 rings (SSSR count). The minimum absolute atomic E-state index is 0.212. The fourth-order valence-electron chi connectivity index (χ4n) is 2.10. The molecule has 2 heterocycles. The number of aromatic nitrogens is 2. The molecule has 5 heteroatoms. The number of hydrogen-bond acceptors (Lipinski definition) is 4. The van der Waals surface area contributed by atoms with Crippen LogP contribution >= 0.6 is 0 Å². The van der Waals surface area contributed by atoms with Crippen molar-refractivity contribution in [3.05, 3.63) is 17.5 Å². The molecule has 1 atom stereocenters. The van der Waals surface area contributed by atoms with Gasteiger partial charge in [0.2, 0.25) is 11.9 Å². The molecule has 5 nitrogen and oxygen atoms in total. The first-order valence-corrected chi connectivity index (χ1v) is 5.87. The summed E-state index contributed by atoms with van der Waals surface area (Å²) in [4.78, 5) is 21.8. The van der Waals surface area contributed by atoms with Gasteiger partial charge in [-0.25, -0.2) is 9.97 Å². The molecule has 0 aliphatic carbocycles. The lowest BCUT2D eigenvalue weighted by Gasteiger charge is -2.30. The number of carbonyl (C=O) groups excluding carboxylic acids is 1. The summed E-state index contributed by atoms with van der Waals surface area (Å²) in [5, 5.41) is 3.30. The molecule has 0 unspecified atom stereocenters. The molecule has 0 saturated carbocycles. The highest BCUT2D eigenvalue weighted by atomic mass is 16.2. The number of carbonyl (C=O) groups is 1. The van der Waals surface area contributed by atoms with Crippen LogP contribution in [0.5, 0.6) is 0 Å². The van der Waals surface area contributed by atoms with Crippen molar-refractivity contribution in [1.29, 1.82) is 0 Å². The minimum atomic E-state index is 0.212. The fourth-order valence-corrected chi connectivity index (χ4v) is 2.10. The van der Waals surface area contributed by atoms with Crippen LogP contribution in [0.1, 0.15) is 24.2 Å². The number of piperidine rings is 1. The van der Waals surface area contributed by atoms with Crippen LogP contribution in [0.15, 0.2) is 6.07 Å². The number of rotatable bonds is 2. The SMILES string of the molecule is Cc1cc(C)nc(N[C@H]2CCC(=O)N(C)C2)n1. The Hall–Kier alpha value is -1.65. The largest absolute Gasteiger partial charge is 0.350 e. The van der Waals surface area contributed by atoms with Gasteiger partial charge in [0.15, 0.2) is 0 Å². The number of amides is 1. The van der Waals surface area contributed by atoms with Crippen molar-refractivity contribution in [1.82, 2.24) is 14.9 Å². The van der Waals surface area contributed by atoms with Gasteiger partial charge in [-0.15, -0.1) is 0 Å². The third-order valence-electron chi connectivity index (χ3n) is 2.94. The van der Waals surface area contributed by atoms with Crippen LogP contribution in [0, 0.1) is 13.8 Å². The topological polar surface area (TPSA) is 58.1 Å². The molecule has 1 amide bonds. The Morgan fingerprint density at radius 3 is 2.59 bits per heavy atom. The average Bonchev–Trinajstić information content (AvgIpc) is 2.22. The Balaban J connectivity index is 2.03. The lowest BCUT2D eigenvalue weighted by Crippen LogP contribution is -2.43. The fraction of sp³-hybridized carbons (Fsp3) is 0.583. The van der Waals surface area contributed by atoms with E-state index in [9.17, 15) is 4.79 Å². The van der Waals surface area contributed by atoms with E-state index in [-0.39, 0.29) is 11.9 Å². The summed E-state index contributed by atoms with van der Waals surface area (Å²) >= 11 is 0. The van der Waals surface area contributed by atoms with E-state index in [0.29, 0.717) is 12.4 Å². The summed E-state index contributed by atoms with van der Waals surface area (Å²) in [6.07, 6.45) is 1.44. The predicted octanol–water partition coefficient (Wildman–Crippen LogP) is 1.13. The van der Waals surface area contributed by atoms with E-state index < -0.39 is 0 Å². The Morgan fingerprint density at radius 2 is 2.00 bits per heavy atom. The lowest BCUT2D eigenvalue weighted by molar-refractivity contribution is -0.132. The zero-order chi connectivity index (χ0) is 12.4. The quantitative estimate of drug-likeness (QED) is 0.833. The van der Waals surface area contributed by atoms with Gasteiger partial charge in [0, 0.05) is 37.4 Å². The Bertz CT molecular complexity index is 412. The van der Waals surface area contributed by atoms with E-state index in [1.54, 1.807) is 4.90 Å². The number of likely N-dealkylation sites (N-methyl/N-ethyl adjacent to an activating group) is 1.